The molecule has 0 aliphatic carbocycles. The zero-order valence-electron chi connectivity index (χ0n) is 4.94. The summed E-state index contributed by atoms with van der Waals surface area (Å²) in [5.41, 5.74) is 1.31. The SMILES string of the molecule is CCc1ccc[nH]1.S. The van der Waals surface area contributed by atoms with Crippen LogP contribution in [0, 0.1) is 0 Å². The monoisotopic (exact) mass is 129 g/mol. The van der Waals surface area contributed by atoms with Gasteiger partial charge in [-0.15, -0.1) is 0 Å². The van der Waals surface area contributed by atoms with Gasteiger partial charge in [-0.05, 0) is 18.6 Å². The third kappa shape index (κ3) is 1.62. The van der Waals surface area contributed by atoms with E-state index in [-0.39, 0.29) is 13.5 Å². The van der Waals surface area contributed by atoms with Crippen LogP contribution < -0.4 is 0 Å². The van der Waals surface area contributed by atoms with E-state index in [4.69, 9.17) is 0 Å². The Kier molecular flexibility index (Phi) is 3.44. The van der Waals surface area contributed by atoms with Gasteiger partial charge >= 0.3 is 0 Å². The maximum absolute atomic E-state index is 3.09. The number of hydrogen-bond donors (Lipinski definition) is 1. The van der Waals surface area contributed by atoms with E-state index in [0.717, 1.165) is 6.42 Å². The Morgan fingerprint density at radius 1 is 1.62 bits per heavy atom. The van der Waals surface area contributed by atoms with Crippen molar-refractivity contribution in [2.45, 2.75) is 13.3 Å². The molecule has 0 unspecified atom stereocenters. The molecular weight excluding hydrogens is 118 g/mol. The minimum absolute atomic E-state index is 0. The van der Waals surface area contributed by atoms with Crippen molar-refractivity contribution in [3.63, 3.8) is 0 Å². The second-order valence-corrected chi connectivity index (χ2v) is 1.55. The Morgan fingerprint density at radius 2 is 2.38 bits per heavy atom. The van der Waals surface area contributed by atoms with E-state index in [1.54, 1.807) is 0 Å². The first-order chi connectivity index (χ1) is 3.43. The van der Waals surface area contributed by atoms with Crippen molar-refractivity contribution in [2.75, 3.05) is 0 Å². The molecule has 1 aromatic heterocycles. The average Bonchev–Trinajstić information content (AvgIpc) is 2.14. The lowest BCUT2D eigenvalue weighted by Gasteiger charge is -1.81. The first kappa shape index (κ1) is 7.63. The van der Waals surface area contributed by atoms with Gasteiger partial charge in [0, 0.05) is 11.9 Å². The van der Waals surface area contributed by atoms with Gasteiger partial charge in [-0.3, -0.25) is 0 Å². The maximum atomic E-state index is 3.09. The summed E-state index contributed by atoms with van der Waals surface area (Å²) in [6, 6.07) is 4.10. The molecule has 0 aromatic carbocycles. The van der Waals surface area contributed by atoms with Crippen molar-refractivity contribution < 1.29 is 0 Å². The molecule has 0 saturated carbocycles. The fourth-order valence-electron chi connectivity index (χ4n) is 0.587. The van der Waals surface area contributed by atoms with E-state index < -0.39 is 0 Å². The van der Waals surface area contributed by atoms with Crippen LogP contribution in [0.25, 0.3) is 0 Å². The summed E-state index contributed by atoms with van der Waals surface area (Å²) in [5.74, 6) is 0. The second kappa shape index (κ2) is 3.61. The summed E-state index contributed by atoms with van der Waals surface area (Å²) in [6.45, 7) is 2.13. The molecule has 0 spiro atoms. The van der Waals surface area contributed by atoms with Gasteiger partial charge in [0.2, 0.25) is 0 Å². The van der Waals surface area contributed by atoms with Gasteiger partial charge in [-0.1, -0.05) is 6.92 Å². The van der Waals surface area contributed by atoms with Crippen molar-refractivity contribution in [1.29, 1.82) is 0 Å². The molecule has 0 fully saturated rings. The Balaban J connectivity index is 0.000000490. The van der Waals surface area contributed by atoms with Crippen LogP contribution >= 0.6 is 13.5 Å². The highest BCUT2D eigenvalue weighted by atomic mass is 32.1. The normalized spacial score (nSPS) is 8.12. The van der Waals surface area contributed by atoms with Crippen LogP contribution in [0.5, 0.6) is 0 Å². The fourth-order valence-corrected chi connectivity index (χ4v) is 0.587. The number of aromatic nitrogens is 1. The summed E-state index contributed by atoms with van der Waals surface area (Å²) in [4.78, 5) is 3.09. The highest BCUT2D eigenvalue weighted by Crippen LogP contribution is 1.92. The summed E-state index contributed by atoms with van der Waals surface area (Å²) in [5, 5.41) is 0. The predicted molar refractivity (Wildman–Crippen MR) is 40.6 cm³/mol. The predicted octanol–water partition coefficient (Wildman–Crippen LogP) is 1.69. The summed E-state index contributed by atoms with van der Waals surface area (Å²) < 4.78 is 0. The quantitative estimate of drug-likeness (QED) is 0.594. The Hall–Kier alpha value is -0.370. The lowest BCUT2D eigenvalue weighted by atomic mass is 10.4. The average molecular weight is 129 g/mol. The van der Waals surface area contributed by atoms with E-state index in [0.29, 0.717) is 0 Å². The molecule has 0 aliphatic rings. The van der Waals surface area contributed by atoms with Gasteiger partial charge in [0.05, 0.1) is 0 Å². The second-order valence-electron chi connectivity index (χ2n) is 1.55. The first-order valence-corrected chi connectivity index (χ1v) is 2.55. The number of aromatic amines is 1. The van der Waals surface area contributed by atoms with E-state index in [1.807, 2.05) is 12.3 Å². The summed E-state index contributed by atoms with van der Waals surface area (Å²) in [7, 11) is 0. The number of rotatable bonds is 1. The van der Waals surface area contributed by atoms with Crippen LogP contribution in [-0.2, 0) is 6.42 Å². The van der Waals surface area contributed by atoms with Crippen molar-refractivity contribution in [1.82, 2.24) is 4.98 Å². The third-order valence-electron chi connectivity index (χ3n) is 1.04. The highest BCUT2D eigenvalue weighted by molar-refractivity contribution is 7.59. The smallest absolute Gasteiger partial charge is 0.0144 e. The van der Waals surface area contributed by atoms with E-state index in [1.165, 1.54) is 5.69 Å². The van der Waals surface area contributed by atoms with Gasteiger partial charge in [0.15, 0.2) is 0 Å². The Labute approximate surface area is 56.6 Å². The molecule has 0 radical (unpaired) electrons. The minimum Gasteiger partial charge on any atom is -0.365 e. The molecule has 0 aliphatic heterocycles. The molecule has 8 heavy (non-hydrogen) atoms. The van der Waals surface area contributed by atoms with Crippen molar-refractivity contribution in [3.8, 4) is 0 Å². The number of hydrogen-bond acceptors (Lipinski definition) is 0. The number of H-pyrrole nitrogens is 1. The molecule has 1 N–H and O–H groups in total. The molecule has 2 heteroatoms. The van der Waals surface area contributed by atoms with Gasteiger partial charge in [0.25, 0.3) is 0 Å². The Bertz CT molecular complexity index is 123. The van der Waals surface area contributed by atoms with Crippen molar-refractivity contribution >= 4 is 13.5 Å². The molecule has 0 amide bonds. The molecule has 1 rings (SSSR count). The van der Waals surface area contributed by atoms with Gasteiger partial charge in [0.1, 0.15) is 0 Å². The van der Waals surface area contributed by atoms with Crippen LogP contribution in [0.4, 0.5) is 0 Å². The van der Waals surface area contributed by atoms with Crippen LogP contribution in [0.2, 0.25) is 0 Å². The topological polar surface area (TPSA) is 15.8 Å². The van der Waals surface area contributed by atoms with E-state index >= 15 is 0 Å². The standard InChI is InChI=1S/C6H9N.H2S/c1-2-6-4-3-5-7-6;/h3-5,7H,2H2,1H3;1H2. The van der Waals surface area contributed by atoms with Crippen molar-refractivity contribution in [3.05, 3.63) is 24.0 Å². The lowest BCUT2D eigenvalue weighted by molar-refractivity contribution is 1.06. The number of nitrogens with one attached hydrogen (secondary N) is 1. The Morgan fingerprint density at radius 3 is 2.62 bits per heavy atom. The first-order valence-electron chi connectivity index (χ1n) is 2.55. The van der Waals surface area contributed by atoms with Crippen LogP contribution in [0.15, 0.2) is 18.3 Å². The molecule has 46 valence electrons. The van der Waals surface area contributed by atoms with Crippen LogP contribution in [0.1, 0.15) is 12.6 Å². The highest BCUT2D eigenvalue weighted by Gasteiger charge is 1.80. The molecule has 0 atom stereocenters. The zero-order valence-corrected chi connectivity index (χ0v) is 5.94. The zero-order chi connectivity index (χ0) is 5.11. The van der Waals surface area contributed by atoms with Gasteiger partial charge < -0.3 is 4.98 Å². The van der Waals surface area contributed by atoms with Crippen molar-refractivity contribution in [2.24, 2.45) is 0 Å². The molecule has 1 aromatic rings. The molecule has 1 heterocycles. The van der Waals surface area contributed by atoms with E-state index in [9.17, 15) is 0 Å². The summed E-state index contributed by atoms with van der Waals surface area (Å²) >= 11 is 0. The lowest BCUT2D eigenvalue weighted by Crippen LogP contribution is -1.73. The largest absolute Gasteiger partial charge is 0.365 e. The van der Waals surface area contributed by atoms with Crippen LogP contribution in [0.3, 0.4) is 0 Å². The van der Waals surface area contributed by atoms with Gasteiger partial charge in [-0.25, -0.2) is 0 Å². The minimum atomic E-state index is 0. The van der Waals surface area contributed by atoms with Gasteiger partial charge in [-0.2, -0.15) is 13.5 Å². The molecule has 0 saturated heterocycles. The van der Waals surface area contributed by atoms with E-state index in [2.05, 4.69) is 18.0 Å². The molecule has 0 bridgehead atoms. The summed E-state index contributed by atoms with van der Waals surface area (Å²) in [6.07, 6.45) is 3.05. The molecule has 1 nitrogen and oxygen atoms in total. The molecular formula is C6H11NS. The number of aryl methyl sites for hydroxylation is 1. The van der Waals surface area contributed by atoms with Crippen LogP contribution in [-0.4, -0.2) is 4.98 Å². The fraction of sp³-hybridized carbons (Fsp3) is 0.333. The third-order valence-corrected chi connectivity index (χ3v) is 1.04. The maximum Gasteiger partial charge on any atom is 0.0144 e.